The molecule has 0 bridgehead atoms. The fraction of sp³-hybridized carbons (Fsp3) is 0.400. The number of rotatable bonds is 0. The molecule has 0 fully saturated rings. The van der Waals surface area contributed by atoms with Crippen LogP contribution in [0.4, 0.5) is 0 Å². The maximum atomic E-state index is 4.06. The highest BCUT2D eigenvalue weighted by Crippen LogP contribution is 2.17. The molecule has 0 amide bonds. The average Bonchev–Trinajstić information content (AvgIpc) is 2.35. The van der Waals surface area contributed by atoms with Gasteiger partial charge < -0.3 is 5.32 Å². The lowest BCUT2D eigenvalue weighted by molar-refractivity contribution is 0.738. The lowest BCUT2D eigenvalue weighted by Crippen LogP contribution is -2.02. The third kappa shape index (κ3) is 0.770. The summed E-state index contributed by atoms with van der Waals surface area (Å²) in [6.45, 7) is 1.93. The molecule has 3 nitrogen and oxygen atoms in total. The van der Waals surface area contributed by atoms with Crippen molar-refractivity contribution in [1.29, 1.82) is 0 Å². The Morgan fingerprint density at radius 3 is 3.11 bits per heavy atom. The van der Waals surface area contributed by atoms with Crippen molar-refractivity contribution in [3.63, 3.8) is 0 Å². The Morgan fingerprint density at radius 2 is 2.33 bits per heavy atom. The van der Waals surface area contributed by atoms with Gasteiger partial charge in [0.15, 0.2) is 0 Å². The van der Waals surface area contributed by atoms with Crippen LogP contribution >= 0.6 is 22.6 Å². The maximum absolute atomic E-state index is 4.06. The predicted octanol–water partition coefficient (Wildman–Crippen LogP) is 0.618. The van der Waals surface area contributed by atoms with Crippen LogP contribution in [0.3, 0.4) is 0 Å². The smallest absolute Gasteiger partial charge is 0.127 e. The Bertz CT molecular complexity index is 230. The fourth-order valence-electron chi connectivity index (χ4n) is 1.01. The third-order valence-electron chi connectivity index (χ3n) is 1.51. The van der Waals surface area contributed by atoms with E-state index in [1.807, 2.05) is 0 Å². The minimum Gasteiger partial charge on any atom is -0.307 e. The highest BCUT2D eigenvalue weighted by Gasteiger charge is 2.15. The summed E-state index contributed by atoms with van der Waals surface area (Å²) in [4.78, 5) is 0. The van der Waals surface area contributed by atoms with E-state index in [-0.39, 0.29) is 0 Å². The van der Waals surface area contributed by atoms with Gasteiger partial charge in [-0.05, 0) is 22.6 Å². The molecule has 4 heteroatoms. The second-order valence-electron chi connectivity index (χ2n) is 2.08. The Balaban J connectivity index is 2.56. The van der Waals surface area contributed by atoms with Gasteiger partial charge in [-0.2, -0.15) is 5.10 Å². The van der Waals surface area contributed by atoms with Gasteiger partial charge in [0.25, 0.3) is 0 Å². The molecule has 0 atom stereocenters. The van der Waals surface area contributed by atoms with Gasteiger partial charge in [0.2, 0.25) is 0 Å². The predicted molar refractivity (Wildman–Crippen MR) is 41.8 cm³/mol. The summed E-state index contributed by atoms with van der Waals surface area (Å²) in [5.74, 6) is 0. The molecule has 0 unspecified atom stereocenters. The lowest BCUT2D eigenvalue weighted by Gasteiger charge is -1.85. The van der Waals surface area contributed by atoms with E-state index in [0.717, 1.165) is 16.8 Å². The maximum Gasteiger partial charge on any atom is 0.127 e. The largest absolute Gasteiger partial charge is 0.307 e. The van der Waals surface area contributed by atoms with Gasteiger partial charge in [0, 0.05) is 18.7 Å². The molecule has 2 N–H and O–H groups in total. The first-order valence-electron chi connectivity index (χ1n) is 2.80. The van der Waals surface area contributed by atoms with E-state index in [9.17, 15) is 0 Å². The molecule has 0 saturated heterocycles. The molecule has 0 aliphatic carbocycles. The number of H-pyrrole nitrogens is 1. The molecule has 1 aliphatic heterocycles. The quantitative estimate of drug-likeness (QED) is 0.647. The number of aromatic amines is 1. The molecule has 0 spiro atoms. The first-order chi connectivity index (χ1) is 4.38. The molecule has 1 aromatic rings. The number of hydrogen-bond acceptors (Lipinski definition) is 2. The van der Waals surface area contributed by atoms with Crippen LogP contribution in [0.2, 0.25) is 0 Å². The van der Waals surface area contributed by atoms with E-state index in [2.05, 4.69) is 38.1 Å². The summed E-state index contributed by atoms with van der Waals surface area (Å²) in [5.41, 5.74) is 2.59. The van der Waals surface area contributed by atoms with Crippen LogP contribution in [0.15, 0.2) is 0 Å². The number of nitrogens with one attached hydrogen (secondary N) is 2. The van der Waals surface area contributed by atoms with Crippen molar-refractivity contribution in [2.75, 3.05) is 0 Å². The van der Waals surface area contributed by atoms with Gasteiger partial charge in [-0.15, -0.1) is 0 Å². The van der Waals surface area contributed by atoms with Crippen molar-refractivity contribution in [3.05, 3.63) is 15.0 Å². The number of nitrogens with zero attached hydrogens (tertiary/aromatic N) is 1. The van der Waals surface area contributed by atoms with Crippen molar-refractivity contribution in [2.45, 2.75) is 13.1 Å². The second kappa shape index (κ2) is 1.95. The zero-order valence-electron chi connectivity index (χ0n) is 4.74. The summed E-state index contributed by atoms with van der Waals surface area (Å²) in [6, 6.07) is 0. The molecule has 1 aromatic heterocycles. The van der Waals surface area contributed by atoms with Gasteiger partial charge in [-0.25, -0.2) is 0 Å². The van der Waals surface area contributed by atoms with E-state index in [1.54, 1.807) is 0 Å². The Morgan fingerprint density at radius 1 is 1.44 bits per heavy atom. The highest BCUT2D eigenvalue weighted by molar-refractivity contribution is 14.1. The Hall–Kier alpha value is -0.100. The summed E-state index contributed by atoms with van der Waals surface area (Å²) in [6.07, 6.45) is 0. The van der Waals surface area contributed by atoms with Crippen LogP contribution in [0, 0.1) is 3.70 Å². The standard InChI is InChI=1S/C5H6IN3/c6-5-3-1-7-2-4(3)8-9-5/h7H,1-2H2,(H,8,9). The molecular formula is C5H6IN3. The van der Waals surface area contributed by atoms with Crippen molar-refractivity contribution in [1.82, 2.24) is 15.5 Å². The van der Waals surface area contributed by atoms with Crippen LogP contribution in [0.25, 0.3) is 0 Å². The Labute approximate surface area is 66.4 Å². The van der Waals surface area contributed by atoms with Gasteiger partial charge in [-0.3, -0.25) is 5.10 Å². The Kier molecular flexibility index (Phi) is 1.23. The fourth-order valence-corrected chi connectivity index (χ4v) is 1.65. The number of halogens is 1. The van der Waals surface area contributed by atoms with Crippen LogP contribution in [0.5, 0.6) is 0 Å². The van der Waals surface area contributed by atoms with E-state index >= 15 is 0 Å². The third-order valence-corrected chi connectivity index (χ3v) is 2.40. The SMILES string of the molecule is Ic1n[nH]c2c1CNC2. The summed E-state index contributed by atoms with van der Waals surface area (Å²) >= 11 is 2.24. The summed E-state index contributed by atoms with van der Waals surface area (Å²) < 4.78 is 1.10. The number of fused-ring (bicyclic) bond motifs is 1. The van der Waals surface area contributed by atoms with Crippen molar-refractivity contribution in [2.24, 2.45) is 0 Å². The lowest BCUT2D eigenvalue weighted by atomic mass is 10.3. The van der Waals surface area contributed by atoms with E-state index in [1.165, 1.54) is 11.3 Å². The topological polar surface area (TPSA) is 40.7 Å². The van der Waals surface area contributed by atoms with Gasteiger partial charge in [-0.1, -0.05) is 0 Å². The monoisotopic (exact) mass is 235 g/mol. The molecule has 0 radical (unpaired) electrons. The number of aromatic nitrogens is 2. The van der Waals surface area contributed by atoms with E-state index in [4.69, 9.17) is 0 Å². The normalized spacial score (nSPS) is 16.1. The molecule has 2 heterocycles. The van der Waals surface area contributed by atoms with Crippen LogP contribution in [-0.2, 0) is 13.1 Å². The number of hydrogen-bond donors (Lipinski definition) is 2. The van der Waals surface area contributed by atoms with Crippen molar-refractivity contribution in [3.8, 4) is 0 Å². The average molecular weight is 235 g/mol. The zero-order valence-corrected chi connectivity index (χ0v) is 6.90. The summed E-state index contributed by atoms with van der Waals surface area (Å²) in [5, 5.41) is 10.3. The molecule has 0 saturated carbocycles. The summed E-state index contributed by atoms with van der Waals surface area (Å²) in [7, 11) is 0. The zero-order chi connectivity index (χ0) is 6.27. The van der Waals surface area contributed by atoms with Crippen molar-refractivity contribution < 1.29 is 0 Å². The van der Waals surface area contributed by atoms with Crippen LogP contribution in [-0.4, -0.2) is 10.2 Å². The molecular weight excluding hydrogens is 229 g/mol. The first kappa shape index (κ1) is 5.67. The minimum absolute atomic E-state index is 0.950. The first-order valence-corrected chi connectivity index (χ1v) is 3.88. The van der Waals surface area contributed by atoms with Crippen LogP contribution < -0.4 is 5.32 Å². The van der Waals surface area contributed by atoms with Gasteiger partial charge >= 0.3 is 0 Å². The minimum atomic E-state index is 0.950. The molecule has 48 valence electrons. The molecule has 1 aliphatic rings. The van der Waals surface area contributed by atoms with E-state index < -0.39 is 0 Å². The van der Waals surface area contributed by atoms with Crippen LogP contribution in [0.1, 0.15) is 11.3 Å². The molecule has 2 rings (SSSR count). The second-order valence-corrected chi connectivity index (χ2v) is 3.10. The molecule has 0 aromatic carbocycles. The van der Waals surface area contributed by atoms with Gasteiger partial charge in [0.1, 0.15) is 3.70 Å². The highest BCUT2D eigenvalue weighted by atomic mass is 127. The van der Waals surface area contributed by atoms with E-state index in [0.29, 0.717) is 0 Å². The molecule has 9 heavy (non-hydrogen) atoms. The van der Waals surface area contributed by atoms with Crippen molar-refractivity contribution >= 4 is 22.6 Å². The van der Waals surface area contributed by atoms with Gasteiger partial charge in [0.05, 0.1) is 5.69 Å².